The van der Waals surface area contributed by atoms with Gasteiger partial charge in [-0.25, -0.2) is 12.8 Å². The van der Waals surface area contributed by atoms with Gasteiger partial charge in [0.15, 0.2) is 9.84 Å². The van der Waals surface area contributed by atoms with Gasteiger partial charge in [-0.05, 0) is 86.6 Å². The predicted molar refractivity (Wildman–Crippen MR) is 144 cm³/mol. The summed E-state index contributed by atoms with van der Waals surface area (Å²) in [6, 6.07) is 8.83. The molecule has 1 aliphatic heterocycles. The van der Waals surface area contributed by atoms with Crippen LogP contribution < -0.4 is 10.6 Å². The molecule has 0 spiro atoms. The van der Waals surface area contributed by atoms with E-state index in [1.54, 1.807) is 35.2 Å². The molecule has 37 heavy (non-hydrogen) atoms. The van der Waals surface area contributed by atoms with Crippen molar-refractivity contribution >= 4 is 27.3 Å². The number of benzene rings is 2. The molecular weight excluding hydrogens is 493 g/mol. The Kier molecular flexibility index (Phi) is 8.67. The summed E-state index contributed by atoms with van der Waals surface area (Å²) < 4.78 is 38.0. The monoisotopic (exact) mass is 531 g/mol. The van der Waals surface area contributed by atoms with E-state index in [4.69, 9.17) is 0 Å². The second kappa shape index (κ2) is 11.2. The van der Waals surface area contributed by atoms with E-state index in [1.807, 2.05) is 27.7 Å². The van der Waals surface area contributed by atoms with Crippen LogP contribution in [0.5, 0.6) is 0 Å². The number of piperidine rings is 1. The predicted octanol–water partition coefficient (Wildman–Crippen LogP) is 4.35. The second-order valence-corrected chi connectivity index (χ2v) is 12.6. The summed E-state index contributed by atoms with van der Waals surface area (Å²) in [6.45, 7) is 10.6. The highest BCUT2D eigenvalue weighted by Crippen LogP contribution is 2.28. The summed E-state index contributed by atoms with van der Waals surface area (Å²) in [5, 5.41) is 6.26. The molecule has 3 rings (SSSR count). The Morgan fingerprint density at radius 2 is 1.70 bits per heavy atom. The molecular formula is C28H38FN3O4S. The number of carbonyl (C=O) groups is 2. The van der Waals surface area contributed by atoms with E-state index in [0.717, 1.165) is 16.8 Å². The summed E-state index contributed by atoms with van der Waals surface area (Å²) in [5.74, 6) is -1.52. The van der Waals surface area contributed by atoms with Gasteiger partial charge in [-0.3, -0.25) is 9.59 Å². The number of rotatable bonds is 8. The van der Waals surface area contributed by atoms with Gasteiger partial charge in [0.05, 0.1) is 10.5 Å². The van der Waals surface area contributed by atoms with Crippen molar-refractivity contribution in [3.8, 4) is 0 Å². The van der Waals surface area contributed by atoms with Crippen molar-refractivity contribution in [3.63, 3.8) is 0 Å². The van der Waals surface area contributed by atoms with Crippen molar-refractivity contribution < 1.29 is 22.4 Å². The first-order valence-electron chi connectivity index (χ1n) is 12.7. The van der Waals surface area contributed by atoms with Crippen LogP contribution in [0.1, 0.15) is 62.0 Å². The fourth-order valence-electron chi connectivity index (χ4n) is 4.68. The van der Waals surface area contributed by atoms with E-state index < -0.39 is 27.6 Å². The van der Waals surface area contributed by atoms with E-state index in [2.05, 4.69) is 17.6 Å². The first kappa shape index (κ1) is 28.6. The van der Waals surface area contributed by atoms with Gasteiger partial charge < -0.3 is 15.5 Å². The molecule has 1 aliphatic rings. The number of amides is 2. The van der Waals surface area contributed by atoms with Crippen LogP contribution in [0.4, 0.5) is 10.1 Å². The quantitative estimate of drug-likeness (QED) is 0.528. The Labute approximate surface area is 219 Å². The summed E-state index contributed by atoms with van der Waals surface area (Å²) in [5.41, 5.74) is 2.19. The number of likely N-dealkylation sites (tertiary alicyclic amines) is 1. The van der Waals surface area contributed by atoms with Crippen molar-refractivity contribution in [2.24, 2.45) is 5.92 Å². The van der Waals surface area contributed by atoms with Crippen molar-refractivity contribution in [2.45, 2.75) is 70.4 Å². The van der Waals surface area contributed by atoms with Gasteiger partial charge >= 0.3 is 0 Å². The van der Waals surface area contributed by atoms with Crippen molar-refractivity contribution in [3.05, 3.63) is 58.9 Å². The standard InChI is InChI=1S/C28H38FN3O4S/c1-7-20-17-23(24(29)16-19(20)4)26(33)30-25(18(2)3)27(34)32-14-12-28(5,13-15-32)31-21-8-10-22(11-9-21)37(6,35)36/h8-11,16-18,25,31H,7,12-15H2,1-6H3,(H,30,33)/t25-/m1/s1. The Morgan fingerprint density at radius 1 is 1.11 bits per heavy atom. The molecule has 2 aromatic rings. The summed E-state index contributed by atoms with van der Waals surface area (Å²) in [4.78, 5) is 28.4. The van der Waals surface area contributed by atoms with Crippen LogP contribution in [-0.2, 0) is 21.1 Å². The lowest BCUT2D eigenvalue weighted by atomic mass is 9.88. The largest absolute Gasteiger partial charge is 0.380 e. The van der Waals surface area contributed by atoms with Gasteiger partial charge in [0.1, 0.15) is 11.9 Å². The number of hydrogen-bond donors (Lipinski definition) is 2. The smallest absolute Gasteiger partial charge is 0.254 e. The number of aryl methyl sites for hydroxylation is 2. The molecule has 9 heteroatoms. The van der Waals surface area contributed by atoms with E-state index in [0.29, 0.717) is 32.4 Å². The maximum Gasteiger partial charge on any atom is 0.254 e. The van der Waals surface area contributed by atoms with Crippen LogP contribution in [0.2, 0.25) is 0 Å². The average Bonchev–Trinajstić information content (AvgIpc) is 2.82. The molecule has 0 saturated carbocycles. The van der Waals surface area contributed by atoms with Crippen LogP contribution in [0.25, 0.3) is 0 Å². The zero-order valence-corrected chi connectivity index (χ0v) is 23.3. The molecule has 0 aromatic heterocycles. The van der Waals surface area contributed by atoms with Gasteiger partial charge in [-0.15, -0.1) is 0 Å². The number of nitrogens with one attached hydrogen (secondary N) is 2. The first-order valence-corrected chi connectivity index (χ1v) is 14.6. The Balaban J connectivity index is 1.66. The summed E-state index contributed by atoms with van der Waals surface area (Å²) >= 11 is 0. The van der Waals surface area contributed by atoms with Crippen LogP contribution in [0.15, 0.2) is 41.3 Å². The highest BCUT2D eigenvalue weighted by Gasteiger charge is 2.36. The number of carbonyl (C=O) groups excluding carboxylic acids is 2. The van der Waals surface area contributed by atoms with E-state index in [1.165, 1.54) is 12.3 Å². The Hall–Kier alpha value is -2.94. The average molecular weight is 532 g/mol. The maximum atomic E-state index is 14.6. The zero-order valence-electron chi connectivity index (χ0n) is 22.5. The molecule has 1 fully saturated rings. The Bertz CT molecular complexity index is 1250. The lowest BCUT2D eigenvalue weighted by molar-refractivity contribution is -0.135. The normalized spacial score (nSPS) is 16.4. The van der Waals surface area contributed by atoms with Crippen molar-refractivity contribution in [1.82, 2.24) is 10.2 Å². The molecule has 1 heterocycles. The topological polar surface area (TPSA) is 95.6 Å². The molecule has 0 unspecified atom stereocenters. The maximum absolute atomic E-state index is 14.6. The molecule has 2 amide bonds. The third kappa shape index (κ3) is 6.89. The first-order chi connectivity index (χ1) is 17.2. The van der Waals surface area contributed by atoms with E-state index in [-0.39, 0.29) is 27.8 Å². The van der Waals surface area contributed by atoms with Crippen LogP contribution in [0.3, 0.4) is 0 Å². The minimum absolute atomic E-state index is 0.0433. The van der Waals surface area contributed by atoms with Gasteiger partial charge in [-0.1, -0.05) is 20.8 Å². The minimum Gasteiger partial charge on any atom is -0.380 e. The van der Waals surface area contributed by atoms with Crippen LogP contribution in [-0.4, -0.2) is 56.1 Å². The summed E-state index contributed by atoms with van der Waals surface area (Å²) in [7, 11) is -3.26. The lowest BCUT2D eigenvalue weighted by Gasteiger charge is -2.42. The number of halogens is 1. The molecule has 1 saturated heterocycles. The number of anilines is 1. The van der Waals surface area contributed by atoms with Gasteiger partial charge in [0.2, 0.25) is 5.91 Å². The van der Waals surface area contributed by atoms with E-state index >= 15 is 0 Å². The number of sulfone groups is 1. The van der Waals surface area contributed by atoms with Gasteiger partial charge in [0, 0.05) is 30.6 Å². The second-order valence-electron chi connectivity index (χ2n) is 10.6. The SMILES string of the molecule is CCc1cc(C(=O)N[C@@H](C(=O)N2CCC(C)(Nc3ccc(S(C)(=O)=O)cc3)CC2)C(C)C)c(F)cc1C. The van der Waals surface area contributed by atoms with Crippen LogP contribution in [0, 0.1) is 18.7 Å². The fourth-order valence-corrected chi connectivity index (χ4v) is 5.31. The van der Waals surface area contributed by atoms with Crippen molar-refractivity contribution in [1.29, 1.82) is 0 Å². The summed E-state index contributed by atoms with van der Waals surface area (Å²) in [6.07, 6.45) is 3.22. The third-order valence-corrected chi connectivity index (χ3v) is 8.31. The molecule has 2 aromatic carbocycles. The molecule has 202 valence electrons. The number of hydrogen-bond acceptors (Lipinski definition) is 5. The molecule has 0 aliphatic carbocycles. The number of nitrogens with zero attached hydrogens (tertiary/aromatic N) is 1. The third-order valence-electron chi connectivity index (χ3n) is 7.18. The van der Waals surface area contributed by atoms with Gasteiger partial charge in [0.25, 0.3) is 5.91 Å². The molecule has 2 N–H and O–H groups in total. The highest BCUT2D eigenvalue weighted by atomic mass is 32.2. The molecule has 7 nitrogen and oxygen atoms in total. The lowest BCUT2D eigenvalue weighted by Crippen LogP contribution is -2.56. The molecule has 1 atom stereocenters. The van der Waals surface area contributed by atoms with E-state index in [9.17, 15) is 22.4 Å². The zero-order chi connectivity index (χ0) is 27.5. The highest BCUT2D eigenvalue weighted by molar-refractivity contribution is 7.90. The Morgan fingerprint density at radius 3 is 2.22 bits per heavy atom. The molecule has 0 bridgehead atoms. The van der Waals surface area contributed by atoms with Crippen LogP contribution >= 0.6 is 0 Å². The van der Waals surface area contributed by atoms with Gasteiger partial charge in [-0.2, -0.15) is 0 Å². The minimum atomic E-state index is -3.26. The van der Waals surface area contributed by atoms with Crippen molar-refractivity contribution in [2.75, 3.05) is 24.7 Å². The fraction of sp³-hybridized carbons (Fsp3) is 0.500. The molecule has 0 radical (unpaired) electrons.